The van der Waals surface area contributed by atoms with Crippen LogP contribution in [0.3, 0.4) is 0 Å². The number of para-hydroxylation sites is 1. The Balaban J connectivity index is 0.00000243. The van der Waals surface area contributed by atoms with Gasteiger partial charge in [-0.15, -0.1) is 12.4 Å². The third kappa shape index (κ3) is 4.10. The maximum atomic E-state index is 13.0. The highest BCUT2D eigenvalue weighted by atomic mass is 35.5. The number of likely N-dealkylation sites (tertiary alicyclic amines) is 1. The van der Waals surface area contributed by atoms with Gasteiger partial charge in [-0.3, -0.25) is 4.79 Å². The van der Waals surface area contributed by atoms with Gasteiger partial charge in [0.25, 0.3) is 0 Å². The van der Waals surface area contributed by atoms with Gasteiger partial charge < -0.3 is 10.6 Å². The summed E-state index contributed by atoms with van der Waals surface area (Å²) >= 11 is 0. The molecular formula is C20H29ClN4O. The van der Waals surface area contributed by atoms with Crippen LogP contribution in [0.4, 0.5) is 0 Å². The van der Waals surface area contributed by atoms with E-state index < -0.39 is 0 Å². The number of nitrogens with zero attached hydrogens (tertiary/aromatic N) is 3. The average molecular weight is 377 g/mol. The number of aryl methyl sites for hydroxylation is 1. The van der Waals surface area contributed by atoms with Gasteiger partial charge in [-0.05, 0) is 52.2 Å². The first kappa shape index (κ1) is 20.5. The summed E-state index contributed by atoms with van der Waals surface area (Å²) in [5.74, 6) is 0.167. The largest absolute Gasteiger partial charge is 0.338 e. The topological polar surface area (TPSA) is 64.2 Å². The highest BCUT2D eigenvalue weighted by molar-refractivity contribution is 5.85. The molecule has 2 unspecified atom stereocenters. The Morgan fingerprint density at radius 1 is 1.27 bits per heavy atom. The van der Waals surface area contributed by atoms with E-state index in [9.17, 15) is 4.79 Å². The molecule has 1 aromatic heterocycles. The minimum atomic E-state index is 0. The summed E-state index contributed by atoms with van der Waals surface area (Å²) in [5, 5.41) is 4.65. The molecular weight excluding hydrogens is 348 g/mol. The Hall–Kier alpha value is -1.85. The van der Waals surface area contributed by atoms with Crippen LogP contribution in [-0.4, -0.2) is 39.2 Å². The van der Waals surface area contributed by atoms with Gasteiger partial charge in [-0.2, -0.15) is 5.10 Å². The van der Waals surface area contributed by atoms with Crippen molar-refractivity contribution in [3.63, 3.8) is 0 Å². The van der Waals surface area contributed by atoms with Crippen molar-refractivity contribution in [2.45, 2.75) is 58.5 Å². The molecule has 5 nitrogen and oxygen atoms in total. The van der Waals surface area contributed by atoms with E-state index in [0.717, 1.165) is 48.4 Å². The molecule has 2 N–H and O–H groups in total. The van der Waals surface area contributed by atoms with Crippen molar-refractivity contribution in [1.29, 1.82) is 0 Å². The van der Waals surface area contributed by atoms with Crippen LogP contribution in [0.5, 0.6) is 0 Å². The van der Waals surface area contributed by atoms with E-state index >= 15 is 0 Å². The van der Waals surface area contributed by atoms with Gasteiger partial charge in [0.05, 0.1) is 17.8 Å². The Kier molecular flexibility index (Phi) is 6.84. The number of carbonyl (C=O) groups is 1. The van der Waals surface area contributed by atoms with Crippen molar-refractivity contribution < 1.29 is 4.79 Å². The molecule has 2 heterocycles. The molecule has 0 spiro atoms. The average Bonchev–Trinajstić information content (AvgIpc) is 2.90. The molecule has 0 saturated carbocycles. The van der Waals surface area contributed by atoms with Gasteiger partial charge in [0.15, 0.2) is 0 Å². The standard InChI is InChI=1S/C20H28N4O.ClH/c1-14(21)19-11-7-8-12-23(19)20(25)13-18-15(2)22-24(16(18)3)17-9-5-4-6-10-17;/h4-6,9-10,14,19H,7-8,11-13,21H2,1-3H3;1H. The minimum absolute atomic E-state index is 0. The van der Waals surface area contributed by atoms with Crippen LogP contribution in [0, 0.1) is 13.8 Å². The summed E-state index contributed by atoms with van der Waals surface area (Å²) in [5.41, 5.74) is 10.1. The zero-order valence-corrected chi connectivity index (χ0v) is 16.6. The van der Waals surface area contributed by atoms with Gasteiger partial charge in [-0.1, -0.05) is 18.2 Å². The summed E-state index contributed by atoms with van der Waals surface area (Å²) in [6.07, 6.45) is 3.62. The number of piperidine rings is 1. The Morgan fingerprint density at radius 2 is 1.96 bits per heavy atom. The highest BCUT2D eigenvalue weighted by Crippen LogP contribution is 2.23. The second kappa shape index (κ2) is 8.69. The van der Waals surface area contributed by atoms with Crippen molar-refractivity contribution in [3.8, 4) is 5.69 Å². The monoisotopic (exact) mass is 376 g/mol. The first-order chi connectivity index (χ1) is 12.0. The zero-order valence-electron chi connectivity index (χ0n) is 15.8. The van der Waals surface area contributed by atoms with Crippen molar-refractivity contribution >= 4 is 18.3 Å². The first-order valence-electron chi connectivity index (χ1n) is 9.14. The fraction of sp³-hybridized carbons (Fsp3) is 0.500. The fourth-order valence-electron chi connectivity index (χ4n) is 3.82. The van der Waals surface area contributed by atoms with Crippen LogP contribution in [0.15, 0.2) is 30.3 Å². The maximum absolute atomic E-state index is 13.0. The maximum Gasteiger partial charge on any atom is 0.227 e. The van der Waals surface area contributed by atoms with Crippen LogP contribution in [-0.2, 0) is 11.2 Å². The number of rotatable bonds is 4. The third-order valence-electron chi connectivity index (χ3n) is 5.25. The van der Waals surface area contributed by atoms with E-state index in [2.05, 4.69) is 5.10 Å². The molecule has 1 aliphatic rings. The number of benzene rings is 1. The lowest BCUT2D eigenvalue weighted by atomic mass is 9.96. The van der Waals surface area contributed by atoms with Crippen molar-refractivity contribution in [1.82, 2.24) is 14.7 Å². The number of aromatic nitrogens is 2. The lowest BCUT2D eigenvalue weighted by Crippen LogP contribution is -2.52. The Morgan fingerprint density at radius 3 is 2.62 bits per heavy atom. The molecule has 26 heavy (non-hydrogen) atoms. The summed E-state index contributed by atoms with van der Waals surface area (Å²) in [7, 11) is 0. The number of carbonyl (C=O) groups excluding carboxylic acids is 1. The molecule has 0 radical (unpaired) electrons. The number of nitrogens with two attached hydrogens (primary N) is 1. The van der Waals surface area contributed by atoms with Crippen LogP contribution < -0.4 is 5.73 Å². The fourth-order valence-corrected chi connectivity index (χ4v) is 3.82. The molecule has 6 heteroatoms. The molecule has 0 bridgehead atoms. The molecule has 142 valence electrons. The van der Waals surface area contributed by atoms with E-state index in [-0.39, 0.29) is 30.4 Å². The van der Waals surface area contributed by atoms with Gasteiger partial charge in [0.1, 0.15) is 0 Å². The normalized spacial score (nSPS) is 18.3. The Labute approximate surface area is 162 Å². The van der Waals surface area contributed by atoms with Crippen LogP contribution in [0.2, 0.25) is 0 Å². The number of halogens is 1. The minimum Gasteiger partial charge on any atom is -0.338 e. The van der Waals surface area contributed by atoms with Crippen LogP contribution in [0.1, 0.15) is 43.1 Å². The second-order valence-corrected chi connectivity index (χ2v) is 7.08. The SMILES string of the molecule is Cc1nn(-c2ccccc2)c(C)c1CC(=O)N1CCCCC1C(C)N.Cl. The summed E-state index contributed by atoms with van der Waals surface area (Å²) in [6, 6.07) is 10.2. The molecule has 2 atom stereocenters. The second-order valence-electron chi connectivity index (χ2n) is 7.08. The molecule has 3 rings (SSSR count). The first-order valence-corrected chi connectivity index (χ1v) is 9.14. The highest BCUT2D eigenvalue weighted by Gasteiger charge is 2.30. The predicted molar refractivity (Wildman–Crippen MR) is 107 cm³/mol. The quantitative estimate of drug-likeness (QED) is 0.891. The number of hydrogen-bond donors (Lipinski definition) is 1. The van der Waals surface area contributed by atoms with Crippen LogP contribution in [0.25, 0.3) is 5.69 Å². The smallest absolute Gasteiger partial charge is 0.227 e. The number of amides is 1. The molecule has 0 aliphatic carbocycles. The van der Waals surface area contributed by atoms with E-state index in [1.165, 1.54) is 0 Å². The molecule has 1 amide bonds. The van der Waals surface area contributed by atoms with Gasteiger partial charge in [0, 0.05) is 29.9 Å². The molecule has 1 saturated heterocycles. The molecule has 1 fully saturated rings. The van der Waals surface area contributed by atoms with E-state index in [4.69, 9.17) is 5.73 Å². The predicted octanol–water partition coefficient (Wildman–Crippen LogP) is 3.18. The zero-order chi connectivity index (χ0) is 18.0. The van der Waals surface area contributed by atoms with Gasteiger partial charge in [0.2, 0.25) is 5.91 Å². The van der Waals surface area contributed by atoms with Crippen molar-refractivity contribution in [2.24, 2.45) is 5.73 Å². The lowest BCUT2D eigenvalue weighted by molar-refractivity contribution is -0.134. The van der Waals surface area contributed by atoms with Crippen molar-refractivity contribution in [2.75, 3.05) is 6.54 Å². The summed E-state index contributed by atoms with van der Waals surface area (Å²) in [4.78, 5) is 15.0. The molecule has 1 aromatic carbocycles. The van der Waals surface area contributed by atoms with Crippen molar-refractivity contribution in [3.05, 3.63) is 47.3 Å². The van der Waals surface area contributed by atoms with Gasteiger partial charge >= 0.3 is 0 Å². The van der Waals surface area contributed by atoms with E-state index in [1.807, 2.05) is 60.7 Å². The Bertz CT molecular complexity index is 742. The molecule has 1 aliphatic heterocycles. The molecule has 2 aromatic rings. The van der Waals surface area contributed by atoms with E-state index in [1.54, 1.807) is 0 Å². The van der Waals surface area contributed by atoms with E-state index in [0.29, 0.717) is 6.42 Å². The van der Waals surface area contributed by atoms with Crippen LogP contribution >= 0.6 is 12.4 Å². The summed E-state index contributed by atoms with van der Waals surface area (Å²) < 4.78 is 1.93. The lowest BCUT2D eigenvalue weighted by Gasteiger charge is -2.38. The number of hydrogen-bond acceptors (Lipinski definition) is 3. The third-order valence-corrected chi connectivity index (χ3v) is 5.25. The van der Waals surface area contributed by atoms with Gasteiger partial charge in [-0.25, -0.2) is 4.68 Å². The summed E-state index contributed by atoms with van der Waals surface area (Å²) in [6.45, 7) is 6.83.